The highest BCUT2D eigenvalue weighted by Crippen LogP contribution is 2.43. The van der Waals surface area contributed by atoms with E-state index >= 15 is 0 Å². The van der Waals surface area contributed by atoms with Gasteiger partial charge < -0.3 is 19.5 Å². The van der Waals surface area contributed by atoms with Gasteiger partial charge >= 0.3 is 6.09 Å². The average Bonchev–Trinajstić information content (AvgIpc) is 3.23. The molecule has 1 atom stereocenters. The van der Waals surface area contributed by atoms with E-state index in [0.717, 1.165) is 57.7 Å². The van der Waals surface area contributed by atoms with Gasteiger partial charge in [-0.25, -0.2) is 4.79 Å². The molecule has 5 rings (SSSR count). The Hall–Kier alpha value is -3.21. The fraction of sp³-hybridized carbons (Fsp3) is 0.469. The van der Waals surface area contributed by atoms with Gasteiger partial charge in [-0.15, -0.1) is 0 Å². The molecule has 1 amide bonds. The molecule has 1 aliphatic carbocycles. The molecule has 0 aromatic heterocycles. The van der Waals surface area contributed by atoms with Crippen LogP contribution in [0.4, 0.5) is 4.79 Å². The molecule has 2 fully saturated rings. The lowest BCUT2D eigenvalue weighted by molar-refractivity contribution is 0.0886. The molecule has 5 heteroatoms. The van der Waals surface area contributed by atoms with Gasteiger partial charge in [-0.3, -0.25) is 0 Å². The van der Waals surface area contributed by atoms with E-state index < -0.39 is 5.54 Å². The number of ether oxygens (including phenoxy) is 3. The summed E-state index contributed by atoms with van der Waals surface area (Å²) >= 11 is 0. The second-order valence-corrected chi connectivity index (χ2v) is 11.8. The summed E-state index contributed by atoms with van der Waals surface area (Å²) in [5.74, 6) is 2.53. The highest BCUT2D eigenvalue weighted by Gasteiger charge is 2.37. The molecule has 0 spiro atoms. The quantitative estimate of drug-likeness (QED) is 0.374. The summed E-state index contributed by atoms with van der Waals surface area (Å²) in [6.07, 6.45) is 4.43. The Labute approximate surface area is 220 Å². The van der Waals surface area contributed by atoms with E-state index in [1.165, 1.54) is 12.8 Å². The van der Waals surface area contributed by atoms with Gasteiger partial charge in [0, 0.05) is 5.56 Å². The highest BCUT2D eigenvalue weighted by atomic mass is 16.6. The summed E-state index contributed by atoms with van der Waals surface area (Å²) in [6.45, 7) is 12.0. The van der Waals surface area contributed by atoms with Crippen molar-refractivity contribution in [2.24, 2.45) is 11.3 Å². The Morgan fingerprint density at radius 2 is 1.73 bits per heavy atom. The number of carbonyl (C=O) groups excluding carboxylic acids is 1. The van der Waals surface area contributed by atoms with Gasteiger partial charge in [0.1, 0.15) is 18.1 Å². The maximum atomic E-state index is 11.8. The number of hydrogen-bond acceptors (Lipinski definition) is 4. The van der Waals surface area contributed by atoms with Gasteiger partial charge in [0.05, 0.1) is 18.2 Å². The summed E-state index contributed by atoms with van der Waals surface area (Å²) in [7, 11) is 0. The lowest BCUT2D eigenvalue weighted by Crippen LogP contribution is -2.37. The molecule has 5 nitrogen and oxygen atoms in total. The van der Waals surface area contributed by atoms with Gasteiger partial charge in [0.25, 0.3) is 0 Å². The normalized spacial score (nSPS) is 24.0. The van der Waals surface area contributed by atoms with Crippen molar-refractivity contribution in [1.29, 1.82) is 0 Å². The van der Waals surface area contributed by atoms with Crippen molar-refractivity contribution in [1.82, 2.24) is 5.32 Å². The van der Waals surface area contributed by atoms with Gasteiger partial charge in [-0.2, -0.15) is 0 Å². The van der Waals surface area contributed by atoms with Crippen molar-refractivity contribution in [3.05, 3.63) is 60.2 Å². The molecule has 3 aromatic carbocycles. The van der Waals surface area contributed by atoms with Crippen molar-refractivity contribution >= 4 is 16.9 Å². The Morgan fingerprint density at radius 3 is 2.35 bits per heavy atom. The van der Waals surface area contributed by atoms with Crippen molar-refractivity contribution in [3.8, 4) is 22.6 Å². The number of alkyl carbamates (subject to hydrolysis) is 1. The van der Waals surface area contributed by atoms with Crippen LogP contribution in [0.15, 0.2) is 54.6 Å². The molecule has 1 aliphatic heterocycles. The largest absolute Gasteiger partial charge is 0.494 e. The van der Waals surface area contributed by atoms with E-state index in [1.807, 2.05) is 26.0 Å². The van der Waals surface area contributed by atoms with Crippen LogP contribution in [0.2, 0.25) is 0 Å². The monoisotopic (exact) mass is 501 g/mol. The number of benzene rings is 3. The van der Waals surface area contributed by atoms with E-state index in [-0.39, 0.29) is 12.2 Å². The first-order chi connectivity index (χ1) is 17.7. The summed E-state index contributed by atoms with van der Waals surface area (Å²) < 4.78 is 17.6. The number of nitrogens with one attached hydrogen (secondary N) is 1. The summed E-state index contributed by atoms with van der Waals surface area (Å²) in [4.78, 5) is 11.8. The van der Waals surface area contributed by atoms with Gasteiger partial charge in [-0.05, 0) is 97.0 Å². The summed E-state index contributed by atoms with van der Waals surface area (Å²) in [6, 6.07) is 18.9. The fourth-order valence-corrected chi connectivity index (χ4v) is 5.82. The molecule has 196 valence electrons. The van der Waals surface area contributed by atoms with Crippen LogP contribution in [0.5, 0.6) is 11.5 Å². The Kier molecular flexibility index (Phi) is 6.82. The van der Waals surface area contributed by atoms with E-state index in [0.29, 0.717) is 18.6 Å². The molecule has 0 bridgehead atoms. The third-order valence-electron chi connectivity index (χ3n) is 8.14. The Bertz CT molecular complexity index is 1270. The van der Waals surface area contributed by atoms with Gasteiger partial charge in [0.15, 0.2) is 0 Å². The van der Waals surface area contributed by atoms with Crippen LogP contribution in [-0.2, 0) is 10.3 Å². The van der Waals surface area contributed by atoms with Crippen molar-refractivity contribution < 1.29 is 19.0 Å². The zero-order chi connectivity index (χ0) is 26.2. The van der Waals surface area contributed by atoms with E-state index in [1.54, 1.807) is 0 Å². The minimum Gasteiger partial charge on any atom is -0.494 e. The van der Waals surface area contributed by atoms with Crippen LogP contribution in [0, 0.1) is 11.3 Å². The van der Waals surface area contributed by atoms with Crippen LogP contribution in [0.1, 0.15) is 65.9 Å². The Balaban J connectivity index is 1.51. The number of hydrogen-bond donors (Lipinski definition) is 1. The molecule has 0 unspecified atom stereocenters. The highest BCUT2D eigenvalue weighted by molar-refractivity contribution is 6.00. The molecular formula is C32H39NO4. The van der Waals surface area contributed by atoms with E-state index in [4.69, 9.17) is 14.2 Å². The molecule has 0 radical (unpaired) electrons. The number of amides is 1. The van der Waals surface area contributed by atoms with Crippen LogP contribution >= 0.6 is 0 Å². The smallest absolute Gasteiger partial charge is 0.408 e. The van der Waals surface area contributed by atoms with Crippen LogP contribution in [-0.4, -0.2) is 25.4 Å². The maximum absolute atomic E-state index is 11.8. The van der Waals surface area contributed by atoms with Crippen LogP contribution < -0.4 is 14.8 Å². The van der Waals surface area contributed by atoms with Crippen LogP contribution in [0.25, 0.3) is 21.9 Å². The Morgan fingerprint density at radius 1 is 1.00 bits per heavy atom. The van der Waals surface area contributed by atoms with Crippen molar-refractivity contribution in [3.63, 3.8) is 0 Å². The molecule has 1 heterocycles. The minimum atomic E-state index is -0.536. The van der Waals surface area contributed by atoms with E-state index in [2.05, 4.69) is 68.6 Å². The molecular weight excluding hydrogens is 462 g/mol. The number of fused-ring (bicyclic) bond motifs is 1. The SMILES string of the molecule is CCOc1ccc(-c2c(O[C@H]3CC[C@H](C(C)(C)C)CC3)ccc3cc([C@]4(C)COC(=O)N4)ccc23)cc1. The second-order valence-electron chi connectivity index (χ2n) is 11.8. The number of cyclic esters (lactones) is 1. The van der Waals surface area contributed by atoms with Crippen LogP contribution in [0.3, 0.4) is 0 Å². The zero-order valence-corrected chi connectivity index (χ0v) is 22.7. The molecule has 1 N–H and O–H groups in total. The molecule has 1 saturated carbocycles. The zero-order valence-electron chi connectivity index (χ0n) is 22.7. The van der Waals surface area contributed by atoms with Gasteiger partial charge in [-0.1, -0.05) is 51.1 Å². The van der Waals surface area contributed by atoms with Crippen molar-refractivity contribution in [2.75, 3.05) is 13.2 Å². The molecule has 2 aliphatic rings. The summed E-state index contributed by atoms with van der Waals surface area (Å²) in [5.41, 5.74) is 3.04. The molecule has 3 aromatic rings. The lowest BCUT2D eigenvalue weighted by atomic mass is 9.72. The number of rotatable bonds is 6. The van der Waals surface area contributed by atoms with Gasteiger partial charge in [0.2, 0.25) is 0 Å². The predicted molar refractivity (Wildman–Crippen MR) is 148 cm³/mol. The molecule has 37 heavy (non-hydrogen) atoms. The fourth-order valence-electron chi connectivity index (χ4n) is 5.82. The third-order valence-corrected chi connectivity index (χ3v) is 8.14. The third kappa shape index (κ3) is 5.27. The first kappa shape index (κ1) is 25.4. The maximum Gasteiger partial charge on any atom is 0.408 e. The standard InChI is InChI=1S/C32H39NO4/c1-6-35-25-13-7-21(8-14-25)29-27-17-12-24(32(5)20-36-30(34)33-32)19-22(27)9-18-28(29)37-26-15-10-23(11-16-26)31(2,3)4/h7-9,12-14,17-19,23,26H,6,10-11,15-16,20H2,1-5H3,(H,33,34)/t23-,26-,32-/m0/s1. The molecule has 1 saturated heterocycles. The summed E-state index contributed by atoms with van der Waals surface area (Å²) in [5, 5.41) is 5.19. The second kappa shape index (κ2) is 9.92. The topological polar surface area (TPSA) is 56.8 Å². The minimum absolute atomic E-state index is 0.224. The number of carbonyl (C=O) groups is 1. The van der Waals surface area contributed by atoms with Crippen molar-refractivity contribution in [2.45, 2.75) is 71.9 Å². The average molecular weight is 502 g/mol. The lowest BCUT2D eigenvalue weighted by Gasteiger charge is -2.37. The van der Waals surface area contributed by atoms with E-state index in [9.17, 15) is 4.79 Å². The first-order valence-electron chi connectivity index (χ1n) is 13.6. The first-order valence-corrected chi connectivity index (χ1v) is 13.6. The predicted octanol–water partition coefficient (Wildman–Crippen LogP) is 7.84.